The zero-order valence-corrected chi connectivity index (χ0v) is 10.6. The SMILES string of the molecule is CC(C)(c1ccc(O)cc1)c1ccc(O)c(F)c1F. The lowest BCUT2D eigenvalue weighted by molar-refractivity contribution is 0.398. The zero-order chi connectivity index (χ0) is 14.2. The maximum absolute atomic E-state index is 13.9. The lowest BCUT2D eigenvalue weighted by atomic mass is 9.78. The van der Waals surface area contributed by atoms with Crippen LogP contribution < -0.4 is 0 Å². The third-order valence-electron chi connectivity index (χ3n) is 3.32. The Morgan fingerprint density at radius 2 is 1.42 bits per heavy atom. The first kappa shape index (κ1) is 13.3. The second-order valence-electron chi connectivity index (χ2n) is 4.93. The Labute approximate surface area is 110 Å². The minimum atomic E-state index is -1.25. The van der Waals surface area contributed by atoms with Gasteiger partial charge in [-0.25, -0.2) is 4.39 Å². The minimum Gasteiger partial charge on any atom is -0.508 e. The number of hydrogen-bond acceptors (Lipinski definition) is 2. The Morgan fingerprint density at radius 3 is 2.00 bits per heavy atom. The highest BCUT2D eigenvalue weighted by Crippen LogP contribution is 2.36. The summed E-state index contributed by atoms with van der Waals surface area (Å²) in [7, 11) is 0. The van der Waals surface area contributed by atoms with E-state index in [1.54, 1.807) is 26.0 Å². The first-order valence-electron chi connectivity index (χ1n) is 5.81. The molecule has 0 saturated carbocycles. The molecule has 0 atom stereocenters. The molecule has 2 N–H and O–H groups in total. The molecule has 0 radical (unpaired) electrons. The molecule has 0 saturated heterocycles. The van der Waals surface area contributed by atoms with Crippen LogP contribution in [0, 0.1) is 11.6 Å². The molecule has 2 nitrogen and oxygen atoms in total. The Bertz CT molecular complexity index is 604. The molecule has 100 valence electrons. The Kier molecular flexibility index (Phi) is 3.18. The number of phenolic OH excluding ortho intramolecular Hbond substituents is 2. The Hall–Kier alpha value is -2.10. The summed E-state index contributed by atoms with van der Waals surface area (Å²) in [5, 5.41) is 18.4. The van der Waals surface area contributed by atoms with Gasteiger partial charge in [-0.1, -0.05) is 32.0 Å². The lowest BCUT2D eigenvalue weighted by Crippen LogP contribution is -2.21. The van der Waals surface area contributed by atoms with Crippen LogP contribution in [0.15, 0.2) is 36.4 Å². The fourth-order valence-corrected chi connectivity index (χ4v) is 2.06. The van der Waals surface area contributed by atoms with E-state index in [1.165, 1.54) is 18.2 Å². The van der Waals surface area contributed by atoms with Crippen molar-refractivity contribution in [2.45, 2.75) is 19.3 Å². The highest BCUT2D eigenvalue weighted by molar-refractivity contribution is 5.42. The summed E-state index contributed by atoms with van der Waals surface area (Å²) >= 11 is 0. The highest BCUT2D eigenvalue weighted by atomic mass is 19.2. The summed E-state index contributed by atoms with van der Waals surface area (Å²) in [5.74, 6) is -2.90. The average molecular weight is 264 g/mol. The first-order valence-corrected chi connectivity index (χ1v) is 5.81. The van der Waals surface area contributed by atoms with Crippen LogP contribution in [0.2, 0.25) is 0 Å². The summed E-state index contributed by atoms with van der Waals surface area (Å²) < 4.78 is 27.4. The van der Waals surface area contributed by atoms with Crippen molar-refractivity contribution in [2.24, 2.45) is 0 Å². The monoisotopic (exact) mass is 264 g/mol. The van der Waals surface area contributed by atoms with E-state index in [0.29, 0.717) is 0 Å². The minimum absolute atomic E-state index is 0.108. The molecule has 0 unspecified atom stereocenters. The van der Waals surface area contributed by atoms with Crippen molar-refractivity contribution < 1.29 is 19.0 Å². The highest BCUT2D eigenvalue weighted by Gasteiger charge is 2.28. The van der Waals surface area contributed by atoms with E-state index in [-0.39, 0.29) is 11.3 Å². The van der Waals surface area contributed by atoms with Crippen molar-refractivity contribution in [3.63, 3.8) is 0 Å². The van der Waals surface area contributed by atoms with Crippen LogP contribution >= 0.6 is 0 Å². The summed E-state index contributed by atoms with van der Waals surface area (Å²) in [6.07, 6.45) is 0. The Morgan fingerprint density at radius 1 is 0.842 bits per heavy atom. The van der Waals surface area contributed by atoms with E-state index in [1.807, 2.05) is 0 Å². The number of aromatic hydroxyl groups is 2. The van der Waals surface area contributed by atoms with Crippen LogP contribution in [-0.2, 0) is 5.41 Å². The van der Waals surface area contributed by atoms with Crippen LogP contribution in [0.25, 0.3) is 0 Å². The van der Waals surface area contributed by atoms with E-state index in [4.69, 9.17) is 5.11 Å². The molecule has 4 heteroatoms. The molecular weight excluding hydrogens is 250 g/mol. The molecule has 2 aromatic rings. The number of rotatable bonds is 2. The summed E-state index contributed by atoms with van der Waals surface area (Å²) in [5.41, 5.74) is 0.0922. The predicted octanol–water partition coefficient (Wildman–Crippen LogP) is 3.70. The van der Waals surface area contributed by atoms with Gasteiger partial charge < -0.3 is 10.2 Å². The number of benzene rings is 2. The molecule has 0 bridgehead atoms. The van der Waals surface area contributed by atoms with Gasteiger partial charge in [0.05, 0.1) is 0 Å². The molecule has 0 fully saturated rings. The van der Waals surface area contributed by atoms with Crippen LogP contribution in [-0.4, -0.2) is 10.2 Å². The topological polar surface area (TPSA) is 40.5 Å². The molecule has 0 aliphatic carbocycles. The number of hydrogen-bond donors (Lipinski definition) is 2. The van der Waals surface area contributed by atoms with E-state index < -0.39 is 22.8 Å². The van der Waals surface area contributed by atoms with Crippen molar-refractivity contribution in [3.8, 4) is 11.5 Å². The van der Waals surface area contributed by atoms with Crippen LogP contribution in [0.3, 0.4) is 0 Å². The van der Waals surface area contributed by atoms with Crippen molar-refractivity contribution in [1.29, 1.82) is 0 Å². The van der Waals surface area contributed by atoms with Crippen LogP contribution in [0.1, 0.15) is 25.0 Å². The molecule has 0 heterocycles. The van der Waals surface area contributed by atoms with Gasteiger partial charge in [-0.15, -0.1) is 0 Å². The average Bonchev–Trinajstić information content (AvgIpc) is 2.36. The molecular formula is C15H14F2O2. The molecule has 0 aliphatic heterocycles. The third-order valence-corrected chi connectivity index (χ3v) is 3.32. The van der Waals surface area contributed by atoms with Crippen LogP contribution in [0.4, 0.5) is 8.78 Å². The van der Waals surface area contributed by atoms with E-state index in [0.717, 1.165) is 11.6 Å². The van der Waals surface area contributed by atoms with E-state index in [9.17, 15) is 13.9 Å². The molecule has 19 heavy (non-hydrogen) atoms. The van der Waals surface area contributed by atoms with Gasteiger partial charge in [-0.2, -0.15) is 4.39 Å². The van der Waals surface area contributed by atoms with E-state index >= 15 is 0 Å². The molecule has 2 aromatic carbocycles. The van der Waals surface area contributed by atoms with Gasteiger partial charge in [0.1, 0.15) is 5.75 Å². The molecule has 0 spiro atoms. The van der Waals surface area contributed by atoms with Gasteiger partial charge in [-0.3, -0.25) is 0 Å². The van der Waals surface area contributed by atoms with Crippen molar-refractivity contribution in [1.82, 2.24) is 0 Å². The molecule has 0 aliphatic rings. The zero-order valence-electron chi connectivity index (χ0n) is 10.6. The molecule has 2 rings (SSSR count). The van der Waals surface area contributed by atoms with Crippen LogP contribution in [0.5, 0.6) is 11.5 Å². The fourth-order valence-electron chi connectivity index (χ4n) is 2.06. The number of halogens is 2. The fraction of sp³-hybridized carbons (Fsp3) is 0.200. The molecule has 0 aromatic heterocycles. The second kappa shape index (κ2) is 4.53. The van der Waals surface area contributed by atoms with Gasteiger partial charge in [-0.05, 0) is 23.8 Å². The van der Waals surface area contributed by atoms with Gasteiger partial charge >= 0.3 is 0 Å². The van der Waals surface area contributed by atoms with Gasteiger partial charge in [0, 0.05) is 11.0 Å². The maximum Gasteiger partial charge on any atom is 0.200 e. The second-order valence-corrected chi connectivity index (χ2v) is 4.93. The summed E-state index contributed by atoms with van der Waals surface area (Å²) in [4.78, 5) is 0. The van der Waals surface area contributed by atoms with Gasteiger partial charge in [0.25, 0.3) is 0 Å². The molecule has 0 amide bonds. The smallest absolute Gasteiger partial charge is 0.200 e. The van der Waals surface area contributed by atoms with E-state index in [2.05, 4.69) is 0 Å². The largest absolute Gasteiger partial charge is 0.508 e. The maximum atomic E-state index is 13.9. The van der Waals surface area contributed by atoms with Crippen molar-refractivity contribution >= 4 is 0 Å². The Balaban J connectivity index is 2.56. The predicted molar refractivity (Wildman–Crippen MR) is 68.3 cm³/mol. The quantitative estimate of drug-likeness (QED) is 0.868. The summed E-state index contributed by atoms with van der Waals surface area (Å²) in [6, 6.07) is 8.78. The normalized spacial score (nSPS) is 11.6. The third kappa shape index (κ3) is 2.26. The first-order chi connectivity index (χ1) is 8.84. The standard InChI is InChI=1S/C15H14F2O2/c1-15(2,9-3-5-10(18)6-4-9)11-7-8-12(19)14(17)13(11)16/h3-8,18-19H,1-2H3. The number of phenols is 2. The van der Waals surface area contributed by atoms with Crippen molar-refractivity contribution in [2.75, 3.05) is 0 Å². The van der Waals surface area contributed by atoms with Gasteiger partial charge in [0.2, 0.25) is 5.82 Å². The summed E-state index contributed by atoms with van der Waals surface area (Å²) in [6.45, 7) is 3.49. The van der Waals surface area contributed by atoms with Gasteiger partial charge in [0.15, 0.2) is 11.6 Å². The van der Waals surface area contributed by atoms with Crippen molar-refractivity contribution in [3.05, 3.63) is 59.2 Å². The lowest BCUT2D eigenvalue weighted by Gasteiger charge is -2.26.